The summed E-state index contributed by atoms with van der Waals surface area (Å²) in [6.45, 7) is 10.4. The summed E-state index contributed by atoms with van der Waals surface area (Å²) >= 11 is 0. The van der Waals surface area contributed by atoms with Crippen molar-refractivity contribution in [3.8, 4) is 11.5 Å². The lowest BCUT2D eigenvalue weighted by Crippen LogP contribution is -2.48. The Morgan fingerprint density at radius 3 is 2.23 bits per heavy atom. The van der Waals surface area contributed by atoms with Crippen molar-refractivity contribution in [1.82, 2.24) is 5.32 Å². The van der Waals surface area contributed by atoms with E-state index in [1.54, 1.807) is 13.2 Å². The van der Waals surface area contributed by atoms with E-state index in [1.165, 1.54) is 0 Å². The minimum Gasteiger partial charge on any atom is -0.497 e. The molecular weight excluding hydrogens is 278 g/mol. The van der Waals surface area contributed by atoms with Gasteiger partial charge in [0.15, 0.2) is 6.10 Å². The monoisotopic (exact) mass is 307 g/mol. The number of carbonyl (C=O) groups excluding carboxylic acids is 1. The van der Waals surface area contributed by atoms with Crippen LogP contribution in [0.1, 0.15) is 41.0 Å². The number of hydrogen-bond donors (Lipinski definition) is 1. The number of methoxy groups -OCH3 is 1. The lowest BCUT2D eigenvalue weighted by molar-refractivity contribution is -0.129. The fourth-order valence-corrected chi connectivity index (χ4v) is 2.52. The number of ether oxygens (including phenoxy) is 2. The normalized spacial score (nSPS) is 12.6. The van der Waals surface area contributed by atoms with E-state index >= 15 is 0 Å². The van der Waals surface area contributed by atoms with E-state index in [0.717, 1.165) is 5.75 Å². The molecule has 4 heteroatoms. The highest BCUT2D eigenvalue weighted by atomic mass is 16.5. The van der Waals surface area contributed by atoms with Gasteiger partial charge >= 0.3 is 0 Å². The van der Waals surface area contributed by atoms with Crippen molar-refractivity contribution in [2.45, 2.75) is 53.2 Å². The molecule has 0 aliphatic rings. The van der Waals surface area contributed by atoms with Crippen LogP contribution >= 0.6 is 0 Å². The molecule has 124 valence electrons. The molecule has 0 aromatic heterocycles. The molecular formula is C18H29NO3. The predicted octanol–water partition coefficient (Wildman–Crippen LogP) is 3.65. The average molecular weight is 307 g/mol. The van der Waals surface area contributed by atoms with Crippen LogP contribution in [-0.2, 0) is 4.79 Å². The third-order valence-electron chi connectivity index (χ3n) is 3.73. The quantitative estimate of drug-likeness (QED) is 0.797. The minimum absolute atomic E-state index is 0.0577. The second-order valence-corrected chi connectivity index (χ2v) is 6.22. The summed E-state index contributed by atoms with van der Waals surface area (Å²) in [5, 5.41) is 3.12. The molecule has 4 nitrogen and oxygen atoms in total. The highest BCUT2D eigenvalue weighted by Crippen LogP contribution is 2.21. The Bertz CT molecular complexity index is 463. The largest absolute Gasteiger partial charge is 0.497 e. The van der Waals surface area contributed by atoms with Crippen LogP contribution in [0, 0.1) is 11.8 Å². The maximum absolute atomic E-state index is 12.5. The maximum Gasteiger partial charge on any atom is 0.261 e. The van der Waals surface area contributed by atoms with Gasteiger partial charge in [0, 0.05) is 12.1 Å². The van der Waals surface area contributed by atoms with Crippen molar-refractivity contribution >= 4 is 5.91 Å². The van der Waals surface area contributed by atoms with Crippen LogP contribution < -0.4 is 14.8 Å². The Morgan fingerprint density at radius 2 is 1.73 bits per heavy atom. The summed E-state index contributed by atoms with van der Waals surface area (Å²) in [4.78, 5) is 12.5. The molecule has 1 N–H and O–H groups in total. The molecule has 0 aliphatic carbocycles. The molecule has 0 spiro atoms. The lowest BCUT2D eigenvalue weighted by Gasteiger charge is -2.28. The number of carbonyl (C=O) groups is 1. The Balaban J connectivity index is 2.75. The topological polar surface area (TPSA) is 47.6 Å². The fourth-order valence-electron chi connectivity index (χ4n) is 2.52. The molecule has 0 aliphatic heterocycles. The van der Waals surface area contributed by atoms with Gasteiger partial charge in [-0.1, -0.05) is 40.7 Å². The van der Waals surface area contributed by atoms with Crippen LogP contribution in [-0.4, -0.2) is 25.2 Å². The number of amides is 1. The first-order valence-corrected chi connectivity index (χ1v) is 8.00. The van der Waals surface area contributed by atoms with Gasteiger partial charge in [0.05, 0.1) is 7.11 Å². The SMILES string of the molecule is CC[C@@H](Oc1cccc(OC)c1)C(=O)NC(C(C)C)C(C)C. The number of rotatable bonds is 8. The molecule has 1 amide bonds. The van der Waals surface area contributed by atoms with Crippen molar-refractivity contribution in [3.63, 3.8) is 0 Å². The molecule has 0 saturated carbocycles. The Kier molecular flexibility index (Phi) is 7.22. The van der Waals surface area contributed by atoms with Gasteiger partial charge in [-0.25, -0.2) is 0 Å². The second-order valence-electron chi connectivity index (χ2n) is 6.22. The highest BCUT2D eigenvalue weighted by Gasteiger charge is 2.25. The third kappa shape index (κ3) is 5.24. The molecule has 22 heavy (non-hydrogen) atoms. The maximum atomic E-state index is 12.5. The van der Waals surface area contributed by atoms with E-state index < -0.39 is 6.10 Å². The molecule has 1 aromatic rings. The Morgan fingerprint density at radius 1 is 1.14 bits per heavy atom. The van der Waals surface area contributed by atoms with Crippen molar-refractivity contribution in [3.05, 3.63) is 24.3 Å². The fraction of sp³-hybridized carbons (Fsp3) is 0.611. The van der Waals surface area contributed by atoms with Crippen molar-refractivity contribution < 1.29 is 14.3 Å². The summed E-state index contributed by atoms with van der Waals surface area (Å²) in [6.07, 6.45) is 0.124. The van der Waals surface area contributed by atoms with E-state index in [1.807, 2.05) is 25.1 Å². The van der Waals surface area contributed by atoms with Gasteiger partial charge in [-0.3, -0.25) is 4.79 Å². The first kappa shape index (κ1) is 18.3. The van der Waals surface area contributed by atoms with Gasteiger partial charge in [-0.15, -0.1) is 0 Å². The molecule has 0 saturated heterocycles. The van der Waals surface area contributed by atoms with Crippen LogP contribution in [0.25, 0.3) is 0 Å². The van der Waals surface area contributed by atoms with Gasteiger partial charge in [0.1, 0.15) is 11.5 Å². The van der Waals surface area contributed by atoms with E-state index in [0.29, 0.717) is 24.0 Å². The summed E-state index contributed by atoms with van der Waals surface area (Å²) < 4.78 is 11.0. The van der Waals surface area contributed by atoms with E-state index in [4.69, 9.17) is 9.47 Å². The van der Waals surface area contributed by atoms with E-state index in [2.05, 4.69) is 33.0 Å². The van der Waals surface area contributed by atoms with Gasteiger partial charge in [-0.05, 0) is 30.4 Å². The zero-order chi connectivity index (χ0) is 16.7. The van der Waals surface area contributed by atoms with Crippen molar-refractivity contribution in [1.29, 1.82) is 0 Å². The predicted molar refractivity (Wildman–Crippen MR) is 89.3 cm³/mol. The van der Waals surface area contributed by atoms with Gasteiger partial charge < -0.3 is 14.8 Å². The summed E-state index contributed by atoms with van der Waals surface area (Å²) in [5.74, 6) is 2.08. The lowest BCUT2D eigenvalue weighted by atomic mass is 9.93. The van der Waals surface area contributed by atoms with Crippen LogP contribution in [0.15, 0.2) is 24.3 Å². The van der Waals surface area contributed by atoms with Crippen LogP contribution in [0.2, 0.25) is 0 Å². The third-order valence-corrected chi connectivity index (χ3v) is 3.73. The molecule has 0 heterocycles. The number of benzene rings is 1. The standard InChI is InChI=1S/C18H29NO3/c1-7-16(18(20)19-17(12(2)3)13(4)5)22-15-10-8-9-14(11-15)21-6/h8-13,16-17H,7H2,1-6H3,(H,19,20)/t16-/m1/s1. The zero-order valence-electron chi connectivity index (χ0n) is 14.6. The van der Waals surface area contributed by atoms with Gasteiger partial charge in [0.2, 0.25) is 0 Å². The molecule has 1 aromatic carbocycles. The second kappa shape index (κ2) is 8.66. The van der Waals surface area contributed by atoms with E-state index in [-0.39, 0.29) is 11.9 Å². The van der Waals surface area contributed by atoms with Gasteiger partial charge in [0.25, 0.3) is 5.91 Å². The molecule has 0 fully saturated rings. The highest BCUT2D eigenvalue weighted by molar-refractivity contribution is 5.81. The zero-order valence-corrected chi connectivity index (χ0v) is 14.6. The van der Waals surface area contributed by atoms with Gasteiger partial charge in [-0.2, -0.15) is 0 Å². The molecule has 1 rings (SSSR count). The first-order chi connectivity index (χ1) is 10.4. The summed E-state index contributed by atoms with van der Waals surface area (Å²) in [7, 11) is 1.61. The van der Waals surface area contributed by atoms with Crippen molar-refractivity contribution in [2.75, 3.05) is 7.11 Å². The van der Waals surface area contributed by atoms with Crippen LogP contribution in [0.3, 0.4) is 0 Å². The number of hydrogen-bond acceptors (Lipinski definition) is 3. The Labute approximate surface area is 134 Å². The van der Waals surface area contributed by atoms with Crippen LogP contribution in [0.4, 0.5) is 0 Å². The summed E-state index contributed by atoms with van der Waals surface area (Å²) in [5.41, 5.74) is 0. The average Bonchev–Trinajstić information content (AvgIpc) is 2.49. The Hall–Kier alpha value is -1.71. The first-order valence-electron chi connectivity index (χ1n) is 8.00. The molecule has 0 bridgehead atoms. The molecule has 0 radical (unpaired) electrons. The minimum atomic E-state index is -0.493. The smallest absolute Gasteiger partial charge is 0.261 e. The number of nitrogens with one attached hydrogen (secondary N) is 1. The molecule has 1 atom stereocenters. The van der Waals surface area contributed by atoms with E-state index in [9.17, 15) is 4.79 Å². The summed E-state index contributed by atoms with van der Waals surface area (Å²) in [6, 6.07) is 7.47. The van der Waals surface area contributed by atoms with Crippen molar-refractivity contribution in [2.24, 2.45) is 11.8 Å². The van der Waals surface area contributed by atoms with Crippen LogP contribution in [0.5, 0.6) is 11.5 Å². The molecule has 0 unspecified atom stereocenters.